The number of anilines is 1. The number of benzene rings is 1. The van der Waals surface area contributed by atoms with E-state index in [0.717, 1.165) is 4.47 Å². The average molecular weight is 348 g/mol. The van der Waals surface area contributed by atoms with Crippen molar-refractivity contribution in [1.29, 1.82) is 0 Å². The summed E-state index contributed by atoms with van der Waals surface area (Å²) in [5, 5.41) is 2.79. The van der Waals surface area contributed by atoms with Gasteiger partial charge in [-0.2, -0.15) is 0 Å². The Bertz CT molecular complexity index is 816. The van der Waals surface area contributed by atoms with Crippen molar-refractivity contribution < 1.29 is 9.18 Å². The van der Waals surface area contributed by atoms with Gasteiger partial charge in [0.2, 0.25) is 5.91 Å². The molecule has 0 atom stereocenters. The number of hydrogen-bond acceptors (Lipinski definition) is 2. The first kappa shape index (κ1) is 13.8. The Morgan fingerprint density at radius 2 is 2.14 bits per heavy atom. The van der Waals surface area contributed by atoms with Crippen molar-refractivity contribution in [3.8, 4) is 0 Å². The number of nitrogens with zero attached hydrogens (tertiary/aromatic N) is 2. The minimum atomic E-state index is -0.343. The number of fused-ring (bicyclic) bond motifs is 1. The SMILES string of the molecule is O=C(Cc1cn2cc(F)ccc2n1)Nc1cccc(Br)c1. The van der Waals surface area contributed by atoms with E-state index < -0.39 is 0 Å². The van der Waals surface area contributed by atoms with Crippen molar-refractivity contribution in [3.05, 3.63) is 64.8 Å². The normalized spacial score (nSPS) is 10.8. The van der Waals surface area contributed by atoms with Gasteiger partial charge in [0, 0.05) is 22.6 Å². The molecule has 21 heavy (non-hydrogen) atoms. The average Bonchev–Trinajstić information content (AvgIpc) is 2.79. The van der Waals surface area contributed by atoms with Gasteiger partial charge in [-0.15, -0.1) is 0 Å². The highest BCUT2D eigenvalue weighted by Gasteiger charge is 2.08. The second kappa shape index (κ2) is 5.65. The molecule has 0 bridgehead atoms. The molecule has 6 heteroatoms. The zero-order chi connectivity index (χ0) is 14.8. The van der Waals surface area contributed by atoms with Crippen LogP contribution in [0.4, 0.5) is 10.1 Å². The summed E-state index contributed by atoms with van der Waals surface area (Å²) in [5.74, 6) is -0.512. The molecule has 1 aromatic carbocycles. The predicted octanol–water partition coefficient (Wildman–Crippen LogP) is 3.42. The van der Waals surface area contributed by atoms with Crippen molar-refractivity contribution in [2.45, 2.75) is 6.42 Å². The molecule has 3 aromatic rings. The Labute approximate surface area is 128 Å². The lowest BCUT2D eigenvalue weighted by Crippen LogP contribution is -2.14. The summed E-state index contributed by atoms with van der Waals surface area (Å²) in [5.41, 5.74) is 1.92. The van der Waals surface area contributed by atoms with Crippen LogP contribution in [0.1, 0.15) is 5.69 Å². The number of carbonyl (C=O) groups is 1. The van der Waals surface area contributed by atoms with Gasteiger partial charge in [0.25, 0.3) is 0 Å². The minimum Gasteiger partial charge on any atom is -0.326 e. The minimum absolute atomic E-state index is 0.135. The Morgan fingerprint density at radius 1 is 1.29 bits per heavy atom. The molecule has 1 amide bonds. The van der Waals surface area contributed by atoms with Gasteiger partial charge < -0.3 is 9.72 Å². The van der Waals surface area contributed by atoms with Crippen molar-refractivity contribution >= 4 is 33.2 Å². The number of imidazole rings is 1. The number of carbonyl (C=O) groups excluding carboxylic acids is 1. The third-order valence-corrected chi connectivity index (χ3v) is 3.41. The molecule has 2 heterocycles. The predicted molar refractivity (Wildman–Crippen MR) is 81.6 cm³/mol. The van der Waals surface area contributed by atoms with E-state index in [2.05, 4.69) is 26.2 Å². The van der Waals surface area contributed by atoms with Gasteiger partial charge in [-0.05, 0) is 30.3 Å². The van der Waals surface area contributed by atoms with E-state index in [-0.39, 0.29) is 18.1 Å². The number of hydrogen-bond donors (Lipinski definition) is 1. The van der Waals surface area contributed by atoms with Crippen LogP contribution in [-0.2, 0) is 11.2 Å². The highest BCUT2D eigenvalue weighted by atomic mass is 79.9. The van der Waals surface area contributed by atoms with Gasteiger partial charge in [0.1, 0.15) is 11.5 Å². The quantitative estimate of drug-likeness (QED) is 0.789. The number of amides is 1. The first-order valence-electron chi connectivity index (χ1n) is 6.29. The molecule has 0 saturated heterocycles. The van der Waals surface area contributed by atoms with E-state index >= 15 is 0 Å². The number of halogens is 2. The van der Waals surface area contributed by atoms with E-state index in [1.54, 1.807) is 16.7 Å². The number of aromatic nitrogens is 2. The molecule has 1 N–H and O–H groups in total. The smallest absolute Gasteiger partial charge is 0.230 e. The van der Waals surface area contributed by atoms with Gasteiger partial charge in [-0.3, -0.25) is 4.79 Å². The standard InChI is InChI=1S/C15H11BrFN3O/c16-10-2-1-3-12(6-10)19-15(21)7-13-9-20-8-11(17)4-5-14(20)18-13/h1-6,8-9H,7H2,(H,19,21). The molecule has 0 aliphatic heterocycles. The van der Waals surface area contributed by atoms with Crippen molar-refractivity contribution in [2.75, 3.05) is 5.32 Å². The lowest BCUT2D eigenvalue weighted by molar-refractivity contribution is -0.115. The van der Waals surface area contributed by atoms with Crippen molar-refractivity contribution in [1.82, 2.24) is 9.38 Å². The molecule has 0 aliphatic rings. The van der Waals surface area contributed by atoms with E-state index in [4.69, 9.17) is 0 Å². The first-order chi connectivity index (χ1) is 10.1. The molecule has 0 aliphatic carbocycles. The van der Waals surface area contributed by atoms with Crippen LogP contribution in [0, 0.1) is 5.82 Å². The second-order valence-electron chi connectivity index (χ2n) is 4.58. The maximum absolute atomic E-state index is 13.1. The summed E-state index contributed by atoms with van der Waals surface area (Å²) < 4.78 is 15.6. The van der Waals surface area contributed by atoms with Crippen LogP contribution < -0.4 is 5.32 Å². The van der Waals surface area contributed by atoms with E-state index in [0.29, 0.717) is 17.0 Å². The molecule has 0 spiro atoms. The summed E-state index contributed by atoms with van der Waals surface area (Å²) in [6, 6.07) is 10.3. The zero-order valence-corrected chi connectivity index (χ0v) is 12.5. The monoisotopic (exact) mass is 347 g/mol. The van der Waals surface area contributed by atoms with Crippen molar-refractivity contribution in [2.24, 2.45) is 0 Å². The molecule has 0 saturated carbocycles. The first-order valence-corrected chi connectivity index (χ1v) is 7.08. The molecule has 0 fully saturated rings. The Balaban J connectivity index is 1.74. The summed E-state index contributed by atoms with van der Waals surface area (Å²) in [6.45, 7) is 0. The van der Waals surface area contributed by atoms with Gasteiger partial charge in [-0.1, -0.05) is 22.0 Å². The van der Waals surface area contributed by atoms with Crippen LogP contribution in [-0.4, -0.2) is 15.3 Å². The Morgan fingerprint density at radius 3 is 2.95 bits per heavy atom. The van der Waals surface area contributed by atoms with Gasteiger partial charge in [0.05, 0.1) is 12.1 Å². The third kappa shape index (κ3) is 3.28. The van der Waals surface area contributed by atoms with Crippen LogP contribution in [0.3, 0.4) is 0 Å². The van der Waals surface area contributed by atoms with Crippen LogP contribution in [0.2, 0.25) is 0 Å². The van der Waals surface area contributed by atoms with Crippen LogP contribution in [0.15, 0.2) is 53.3 Å². The van der Waals surface area contributed by atoms with Crippen molar-refractivity contribution in [3.63, 3.8) is 0 Å². The molecule has 0 radical (unpaired) electrons. The fraction of sp³-hybridized carbons (Fsp3) is 0.0667. The molecule has 3 rings (SSSR count). The highest BCUT2D eigenvalue weighted by Crippen LogP contribution is 2.16. The van der Waals surface area contributed by atoms with Gasteiger partial charge in [0.15, 0.2) is 0 Å². The molecular weight excluding hydrogens is 337 g/mol. The van der Waals surface area contributed by atoms with E-state index in [1.807, 2.05) is 24.3 Å². The maximum Gasteiger partial charge on any atom is 0.230 e. The summed E-state index contributed by atoms with van der Waals surface area (Å²) in [4.78, 5) is 16.3. The van der Waals surface area contributed by atoms with Crippen LogP contribution >= 0.6 is 15.9 Å². The maximum atomic E-state index is 13.1. The van der Waals surface area contributed by atoms with Gasteiger partial charge >= 0.3 is 0 Å². The van der Waals surface area contributed by atoms with Crippen LogP contribution in [0.5, 0.6) is 0 Å². The molecule has 0 unspecified atom stereocenters. The fourth-order valence-corrected chi connectivity index (χ4v) is 2.44. The molecule has 4 nitrogen and oxygen atoms in total. The second-order valence-corrected chi connectivity index (χ2v) is 5.50. The number of nitrogens with one attached hydrogen (secondary N) is 1. The molecular formula is C15H11BrFN3O. The highest BCUT2D eigenvalue weighted by molar-refractivity contribution is 9.10. The summed E-state index contributed by atoms with van der Waals surface area (Å²) in [6.07, 6.45) is 3.12. The zero-order valence-electron chi connectivity index (χ0n) is 10.9. The third-order valence-electron chi connectivity index (χ3n) is 2.91. The Hall–Kier alpha value is -2.21. The number of pyridine rings is 1. The number of rotatable bonds is 3. The lowest BCUT2D eigenvalue weighted by atomic mass is 10.3. The summed E-state index contributed by atoms with van der Waals surface area (Å²) >= 11 is 3.35. The lowest BCUT2D eigenvalue weighted by Gasteiger charge is -2.03. The van der Waals surface area contributed by atoms with Crippen LogP contribution in [0.25, 0.3) is 5.65 Å². The van der Waals surface area contributed by atoms with E-state index in [1.165, 1.54) is 12.3 Å². The topological polar surface area (TPSA) is 46.4 Å². The molecule has 2 aromatic heterocycles. The fourth-order valence-electron chi connectivity index (χ4n) is 2.04. The van der Waals surface area contributed by atoms with Gasteiger partial charge in [-0.25, -0.2) is 9.37 Å². The Kier molecular flexibility index (Phi) is 3.70. The van der Waals surface area contributed by atoms with E-state index in [9.17, 15) is 9.18 Å². The largest absolute Gasteiger partial charge is 0.326 e. The summed E-state index contributed by atoms with van der Waals surface area (Å²) in [7, 11) is 0. The molecule has 106 valence electrons.